The maximum absolute atomic E-state index is 12.3. The average molecular weight is 310 g/mol. The number of H-pyrrole nitrogens is 2. The van der Waals surface area contributed by atoms with E-state index in [0.29, 0.717) is 5.69 Å². The largest absolute Gasteiger partial charge is 0.349 e. The second-order valence-electron chi connectivity index (χ2n) is 5.63. The van der Waals surface area contributed by atoms with Crippen LogP contribution in [0.25, 0.3) is 16.9 Å². The molecule has 1 amide bonds. The lowest BCUT2D eigenvalue weighted by Crippen LogP contribution is -2.29. The third-order valence-electron chi connectivity index (χ3n) is 3.87. The fourth-order valence-electron chi connectivity index (χ4n) is 2.54. The van der Waals surface area contributed by atoms with E-state index in [2.05, 4.69) is 15.4 Å². The predicted molar refractivity (Wildman–Crippen MR) is 84.6 cm³/mol. The molecule has 0 aliphatic heterocycles. The van der Waals surface area contributed by atoms with Crippen molar-refractivity contribution in [2.45, 2.75) is 18.9 Å². The summed E-state index contributed by atoms with van der Waals surface area (Å²) in [5, 5.41) is 5.18. The summed E-state index contributed by atoms with van der Waals surface area (Å²) in [7, 11) is 0. The van der Waals surface area contributed by atoms with E-state index in [1.54, 1.807) is 0 Å². The molecule has 7 heteroatoms. The number of nitrogens with one attached hydrogen (secondary N) is 3. The van der Waals surface area contributed by atoms with Gasteiger partial charge in [-0.2, -0.15) is 4.52 Å². The summed E-state index contributed by atoms with van der Waals surface area (Å²) in [6.07, 6.45) is 1.84. The van der Waals surface area contributed by atoms with Crippen LogP contribution in [0.4, 0.5) is 0 Å². The Balaban J connectivity index is 1.91. The topological polar surface area (TPSA) is 99.2 Å². The highest BCUT2D eigenvalue weighted by Gasteiger charge is 2.27. The first-order valence-corrected chi connectivity index (χ1v) is 7.38. The van der Waals surface area contributed by atoms with Gasteiger partial charge in [0, 0.05) is 12.1 Å². The van der Waals surface area contributed by atoms with Crippen molar-refractivity contribution in [2.24, 2.45) is 0 Å². The summed E-state index contributed by atoms with van der Waals surface area (Å²) in [6.45, 7) is 0. The van der Waals surface area contributed by atoms with Gasteiger partial charge in [0.1, 0.15) is 5.56 Å². The molecule has 7 nitrogen and oxygen atoms in total. The minimum atomic E-state index is -0.582. The molecule has 1 saturated carbocycles. The van der Waals surface area contributed by atoms with Crippen molar-refractivity contribution in [3.05, 3.63) is 62.7 Å². The number of nitrogens with zero attached hydrogens (tertiary/aromatic N) is 1. The zero-order valence-corrected chi connectivity index (χ0v) is 12.1. The van der Waals surface area contributed by atoms with E-state index < -0.39 is 17.0 Å². The van der Waals surface area contributed by atoms with Gasteiger partial charge in [-0.1, -0.05) is 30.3 Å². The van der Waals surface area contributed by atoms with Gasteiger partial charge in [0.15, 0.2) is 5.65 Å². The van der Waals surface area contributed by atoms with Crippen LogP contribution in [0.3, 0.4) is 0 Å². The van der Waals surface area contributed by atoms with Crippen molar-refractivity contribution >= 4 is 11.6 Å². The molecule has 0 bridgehead atoms. The molecule has 1 aliphatic rings. The molecule has 2 aromatic heterocycles. The lowest BCUT2D eigenvalue weighted by molar-refractivity contribution is 0.0951. The molecule has 1 aromatic carbocycles. The third kappa shape index (κ3) is 2.36. The highest BCUT2D eigenvalue weighted by atomic mass is 16.2. The molecule has 0 atom stereocenters. The molecule has 3 aromatic rings. The van der Waals surface area contributed by atoms with Crippen LogP contribution in [-0.4, -0.2) is 26.5 Å². The van der Waals surface area contributed by atoms with E-state index in [4.69, 9.17) is 0 Å². The van der Waals surface area contributed by atoms with Crippen LogP contribution in [0.15, 0.2) is 46.0 Å². The lowest BCUT2D eigenvalue weighted by Gasteiger charge is -2.04. The number of fused-ring (bicyclic) bond motifs is 1. The van der Waals surface area contributed by atoms with Gasteiger partial charge in [-0.25, -0.2) is 0 Å². The van der Waals surface area contributed by atoms with Crippen molar-refractivity contribution in [3.63, 3.8) is 0 Å². The fraction of sp³-hybridized carbons (Fsp3) is 0.188. The predicted octanol–water partition coefficient (Wildman–Crippen LogP) is 0.875. The highest BCUT2D eigenvalue weighted by molar-refractivity contribution is 6.00. The van der Waals surface area contributed by atoms with E-state index in [0.717, 1.165) is 22.9 Å². The van der Waals surface area contributed by atoms with Gasteiger partial charge in [0.25, 0.3) is 17.0 Å². The minimum Gasteiger partial charge on any atom is -0.349 e. The van der Waals surface area contributed by atoms with Crippen LogP contribution in [0.2, 0.25) is 0 Å². The molecule has 0 unspecified atom stereocenters. The number of hydrogen-bond acceptors (Lipinski definition) is 3. The molecule has 116 valence electrons. The number of aromatic nitrogens is 3. The number of carbonyl (C=O) groups is 1. The fourth-order valence-corrected chi connectivity index (χ4v) is 2.54. The van der Waals surface area contributed by atoms with Crippen LogP contribution in [-0.2, 0) is 0 Å². The molecule has 0 radical (unpaired) electrons. The highest BCUT2D eigenvalue weighted by Crippen LogP contribution is 2.20. The van der Waals surface area contributed by atoms with Gasteiger partial charge < -0.3 is 10.3 Å². The Labute approximate surface area is 130 Å². The Bertz CT molecular complexity index is 1010. The van der Waals surface area contributed by atoms with Crippen LogP contribution < -0.4 is 16.4 Å². The Hall–Kier alpha value is -3.09. The summed E-state index contributed by atoms with van der Waals surface area (Å²) in [6, 6.07) is 10.8. The first-order chi connectivity index (χ1) is 11.1. The van der Waals surface area contributed by atoms with Gasteiger partial charge in [0.2, 0.25) is 0 Å². The zero-order valence-electron chi connectivity index (χ0n) is 12.1. The quantitative estimate of drug-likeness (QED) is 0.669. The molecule has 0 spiro atoms. The summed E-state index contributed by atoms with van der Waals surface area (Å²) in [4.78, 5) is 39.6. The maximum atomic E-state index is 12.3. The molecule has 3 N–H and O–H groups in total. The van der Waals surface area contributed by atoms with Crippen molar-refractivity contribution in [2.75, 3.05) is 0 Å². The van der Waals surface area contributed by atoms with Gasteiger partial charge in [0.05, 0.1) is 5.69 Å². The third-order valence-corrected chi connectivity index (χ3v) is 3.87. The zero-order chi connectivity index (χ0) is 16.0. The minimum absolute atomic E-state index is 0.0632. The standard InChI is InChI=1S/C16H14N4O3/c21-12-8-11(9-4-2-1-3-5-9)18-14-13(16(23)19-20(12)14)15(22)17-10-6-7-10/h1-5,8,10,18H,6-7H2,(H,17,22)(H,19,23). The molecule has 23 heavy (non-hydrogen) atoms. The number of benzene rings is 1. The Morgan fingerprint density at radius 2 is 1.91 bits per heavy atom. The Morgan fingerprint density at radius 3 is 2.61 bits per heavy atom. The summed E-state index contributed by atoms with van der Waals surface area (Å²) >= 11 is 0. The van der Waals surface area contributed by atoms with E-state index in [1.807, 2.05) is 30.3 Å². The summed E-state index contributed by atoms with van der Waals surface area (Å²) < 4.78 is 1.07. The maximum Gasteiger partial charge on any atom is 0.279 e. The van der Waals surface area contributed by atoms with E-state index in [1.165, 1.54) is 6.07 Å². The number of aromatic amines is 2. The normalized spacial score (nSPS) is 14.1. The Kier molecular flexibility index (Phi) is 2.94. The van der Waals surface area contributed by atoms with Crippen LogP contribution in [0, 0.1) is 0 Å². The van der Waals surface area contributed by atoms with Crippen LogP contribution in [0.1, 0.15) is 23.2 Å². The van der Waals surface area contributed by atoms with Gasteiger partial charge in [-0.15, -0.1) is 0 Å². The van der Waals surface area contributed by atoms with E-state index >= 15 is 0 Å². The summed E-state index contributed by atoms with van der Waals surface area (Å²) in [5.74, 6) is -0.461. The average Bonchev–Trinajstić information content (AvgIpc) is 3.28. The van der Waals surface area contributed by atoms with E-state index in [9.17, 15) is 14.4 Å². The van der Waals surface area contributed by atoms with Crippen LogP contribution in [0.5, 0.6) is 0 Å². The van der Waals surface area contributed by atoms with Crippen molar-refractivity contribution in [3.8, 4) is 11.3 Å². The molecule has 4 rings (SSSR count). The van der Waals surface area contributed by atoms with Gasteiger partial charge in [-0.3, -0.25) is 19.5 Å². The smallest absolute Gasteiger partial charge is 0.279 e. The number of amides is 1. The van der Waals surface area contributed by atoms with Crippen LogP contribution >= 0.6 is 0 Å². The first kappa shape index (κ1) is 13.6. The number of carbonyl (C=O) groups excluding carboxylic acids is 1. The molecular formula is C16H14N4O3. The second-order valence-corrected chi connectivity index (χ2v) is 5.63. The second kappa shape index (κ2) is 4.98. The van der Waals surface area contributed by atoms with Crippen molar-refractivity contribution in [1.29, 1.82) is 0 Å². The summed E-state index contributed by atoms with van der Waals surface area (Å²) in [5.41, 5.74) is 0.484. The number of hydrogen-bond donors (Lipinski definition) is 3. The Morgan fingerprint density at radius 1 is 1.17 bits per heavy atom. The lowest BCUT2D eigenvalue weighted by atomic mass is 10.1. The SMILES string of the molecule is O=C(NC1CC1)c1c(=O)[nH]n2c(=O)cc(-c3ccccc3)[nH]c12. The molecule has 1 aliphatic carbocycles. The van der Waals surface area contributed by atoms with Crippen molar-refractivity contribution < 1.29 is 4.79 Å². The van der Waals surface area contributed by atoms with E-state index in [-0.39, 0.29) is 17.3 Å². The number of rotatable bonds is 3. The van der Waals surface area contributed by atoms with Gasteiger partial charge in [-0.05, 0) is 18.4 Å². The first-order valence-electron chi connectivity index (χ1n) is 7.38. The molecular weight excluding hydrogens is 296 g/mol. The van der Waals surface area contributed by atoms with Crippen molar-refractivity contribution in [1.82, 2.24) is 19.9 Å². The molecule has 0 saturated heterocycles. The monoisotopic (exact) mass is 310 g/mol. The molecule has 2 heterocycles. The molecule has 1 fully saturated rings. The van der Waals surface area contributed by atoms with Gasteiger partial charge >= 0.3 is 0 Å².